The third-order valence-electron chi connectivity index (χ3n) is 1.51. The van der Waals surface area contributed by atoms with Crippen molar-refractivity contribution in [3.05, 3.63) is 38.9 Å². The predicted molar refractivity (Wildman–Crippen MR) is 52.0 cm³/mol. The summed E-state index contributed by atoms with van der Waals surface area (Å²) in [5.74, 6) is 0.126. The Morgan fingerprint density at radius 2 is 2.21 bits per heavy atom. The van der Waals surface area contributed by atoms with Gasteiger partial charge in [-0.2, -0.15) is 10.2 Å². The first kappa shape index (κ1) is 9.23. The van der Waals surface area contributed by atoms with Crippen LogP contribution in [-0.4, -0.2) is 20.0 Å². The molecule has 0 unspecified atom stereocenters. The van der Waals surface area contributed by atoms with Crippen LogP contribution in [0.25, 0.3) is 5.82 Å². The molecule has 0 aromatic carbocycles. The van der Waals surface area contributed by atoms with E-state index in [-0.39, 0.29) is 16.4 Å². The van der Waals surface area contributed by atoms with E-state index < -0.39 is 0 Å². The Morgan fingerprint density at radius 3 is 2.79 bits per heavy atom. The van der Waals surface area contributed by atoms with E-state index in [1.807, 2.05) is 0 Å². The maximum absolute atomic E-state index is 11.4. The van der Waals surface area contributed by atoms with Gasteiger partial charge < -0.3 is 0 Å². The van der Waals surface area contributed by atoms with Gasteiger partial charge in [0.2, 0.25) is 11.2 Å². The molecule has 0 atom stereocenters. The lowest BCUT2D eigenvalue weighted by Crippen LogP contribution is -2.14. The van der Waals surface area contributed by atoms with Gasteiger partial charge in [0, 0.05) is 6.07 Å². The van der Waals surface area contributed by atoms with E-state index in [2.05, 4.69) is 15.3 Å². The SMILES string of the molecule is O=c1cc(Cl)[nH]nc1-n1cc(Cl)cn1. The zero-order valence-corrected chi connectivity index (χ0v) is 8.25. The van der Waals surface area contributed by atoms with E-state index in [1.54, 1.807) is 0 Å². The van der Waals surface area contributed by atoms with Gasteiger partial charge in [0.15, 0.2) is 0 Å². The minimum absolute atomic E-state index is 0.126. The summed E-state index contributed by atoms with van der Waals surface area (Å²) in [6, 6.07) is 1.22. The lowest BCUT2D eigenvalue weighted by atomic mass is 10.5. The summed E-state index contributed by atoms with van der Waals surface area (Å²) in [6.45, 7) is 0. The molecular formula is C7H4Cl2N4O. The zero-order chi connectivity index (χ0) is 10.1. The lowest BCUT2D eigenvalue weighted by molar-refractivity contribution is 0.805. The number of aromatic amines is 1. The van der Waals surface area contributed by atoms with Gasteiger partial charge in [-0.1, -0.05) is 23.2 Å². The Hall–Kier alpha value is -1.33. The molecule has 0 aliphatic carbocycles. The molecule has 0 saturated carbocycles. The Morgan fingerprint density at radius 1 is 1.43 bits per heavy atom. The molecule has 2 heterocycles. The van der Waals surface area contributed by atoms with Crippen molar-refractivity contribution in [3.63, 3.8) is 0 Å². The van der Waals surface area contributed by atoms with Crippen molar-refractivity contribution in [1.29, 1.82) is 0 Å². The molecule has 0 radical (unpaired) electrons. The van der Waals surface area contributed by atoms with Gasteiger partial charge in [0.25, 0.3) is 0 Å². The molecule has 2 aromatic rings. The first-order valence-corrected chi connectivity index (χ1v) is 4.38. The van der Waals surface area contributed by atoms with Crippen LogP contribution in [0.15, 0.2) is 23.3 Å². The number of H-pyrrole nitrogens is 1. The summed E-state index contributed by atoms with van der Waals surface area (Å²) in [5.41, 5.74) is -0.325. The maximum Gasteiger partial charge on any atom is 0.227 e. The van der Waals surface area contributed by atoms with E-state index in [0.717, 1.165) is 0 Å². The van der Waals surface area contributed by atoms with Crippen LogP contribution in [0.2, 0.25) is 10.2 Å². The third-order valence-corrected chi connectivity index (χ3v) is 1.90. The van der Waals surface area contributed by atoms with E-state index in [0.29, 0.717) is 5.02 Å². The van der Waals surface area contributed by atoms with Gasteiger partial charge in [-0.15, -0.1) is 0 Å². The largest absolute Gasteiger partial charge is 0.286 e. The fraction of sp³-hybridized carbons (Fsp3) is 0. The summed E-state index contributed by atoms with van der Waals surface area (Å²) < 4.78 is 1.28. The third kappa shape index (κ3) is 1.64. The Balaban J connectivity index is 2.57. The average molecular weight is 231 g/mol. The highest BCUT2D eigenvalue weighted by atomic mass is 35.5. The highest BCUT2D eigenvalue weighted by Crippen LogP contribution is 2.07. The summed E-state index contributed by atoms with van der Waals surface area (Å²) in [4.78, 5) is 11.4. The highest BCUT2D eigenvalue weighted by molar-refractivity contribution is 6.30. The number of halogens is 2. The molecule has 0 aliphatic rings. The minimum Gasteiger partial charge on any atom is -0.286 e. The molecule has 0 aliphatic heterocycles. The topological polar surface area (TPSA) is 63.6 Å². The van der Waals surface area contributed by atoms with Gasteiger partial charge in [-0.25, -0.2) is 4.68 Å². The number of nitrogens with zero attached hydrogens (tertiary/aromatic N) is 3. The normalized spacial score (nSPS) is 10.4. The molecule has 0 fully saturated rings. The number of hydrogen-bond acceptors (Lipinski definition) is 3. The lowest BCUT2D eigenvalue weighted by Gasteiger charge is -1.97. The molecule has 2 rings (SSSR count). The van der Waals surface area contributed by atoms with Crippen LogP contribution in [0.3, 0.4) is 0 Å². The van der Waals surface area contributed by atoms with Crippen molar-refractivity contribution in [2.24, 2.45) is 0 Å². The minimum atomic E-state index is -0.325. The van der Waals surface area contributed by atoms with E-state index in [9.17, 15) is 4.79 Å². The van der Waals surface area contributed by atoms with Gasteiger partial charge in [0.1, 0.15) is 5.15 Å². The molecule has 2 aromatic heterocycles. The van der Waals surface area contributed by atoms with E-state index in [4.69, 9.17) is 23.2 Å². The Labute approximate surface area is 88.3 Å². The van der Waals surface area contributed by atoms with Crippen LogP contribution in [-0.2, 0) is 0 Å². The average Bonchev–Trinajstić information content (AvgIpc) is 2.51. The van der Waals surface area contributed by atoms with Crippen LogP contribution in [0.1, 0.15) is 0 Å². The number of hydrogen-bond donors (Lipinski definition) is 1. The smallest absolute Gasteiger partial charge is 0.227 e. The highest BCUT2D eigenvalue weighted by Gasteiger charge is 2.05. The molecule has 72 valence electrons. The van der Waals surface area contributed by atoms with Gasteiger partial charge in [0.05, 0.1) is 17.4 Å². The van der Waals surface area contributed by atoms with Gasteiger partial charge >= 0.3 is 0 Å². The van der Waals surface area contributed by atoms with Crippen molar-refractivity contribution in [1.82, 2.24) is 20.0 Å². The standard InChI is InChI=1S/C7H4Cl2N4O/c8-4-2-10-13(3-4)7-5(14)1-6(9)11-12-7/h1-3H,(H,11,14). The predicted octanol–water partition coefficient (Wildman–Crippen LogP) is 1.26. The van der Waals surface area contributed by atoms with Crippen LogP contribution in [0.5, 0.6) is 0 Å². The van der Waals surface area contributed by atoms with Gasteiger partial charge in [-0.05, 0) is 0 Å². The second-order valence-electron chi connectivity index (χ2n) is 2.51. The van der Waals surface area contributed by atoms with E-state index >= 15 is 0 Å². The summed E-state index contributed by atoms with van der Waals surface area (Å²) in [5, 5.41) is 10.6. The summed E-state index contributed by atoms with van der Waals surface area (Å²) in [7, 11) is 0. The molecule has 0 bridgehead atoms. The molecular weight excluding hydrogens is 227 g/mol. The van der Waals surface area contributed by atoms with Crippen molar-refractivity contribution in [2.45, 2.75) is 0 Å². The fourth-order valence-corrected chi connectivity index (χ4v) is 1.23. The molecule has 0 saturated heterocycles. The fourth-order valence-electron chi connectivity index (χ4n) is 0.954. The van der Waals surface area contributed by atoms with Crippen LogP contribution < -0.4 is 5.43 Å². The van der Waals surface area contributed by atoms with Crippen molar-refractivity contribution in [2.75, 3.05) is 0 Å². The number of aromatic nitrogens is 4. The van der Waals surface area contributed by atoms with E-state index in [1.165, 1.54) is 23.1 Å². The molecule has 0 amide bonds. The molecule has 5 nitrogen and oxygen atoms in total. The van der Waals surface area contributed by atoms with Gasteiger partial charge in [-0.3, -0.25) is 9.89 Å². The van der Waals surface area contributed by atoms with Crippen LogP contribution in [0, 0.1) is 0 Å². The first-order valence-electron chi connectivity index (χ1n) is 3.62. The molecule has 1 N–H and O–H groups in total. The maximum atomic E-state index is 11.4. The first-order chi connectivity index (χ1) is 6.66. The summed E-state index contributed by atoms with van der Waals surface area (Å²) in [6.07, 6.45) is 2.89. The van der Waals surface area contributed by atoms with Crippen molar-refractivity contribution in [3.8, 4) is 5.82 Å². The van der Waals surface area contributed by atoms with Crippen LogP contribution >= 0.6 is 23.2 Å². The second kappa shape index (κ2) is 3.43. The molecule has 7 heteroatoms. The second-order valence-corrected chi connectivity index (χ2v) is 3.35. The quantitative estimate of drug-likeness (QED) is 0.803. The Kier molecular flexibility index (Phi) is 2.26. The number of nitrogens with one attached hydrogen (secondary N) is 1. The van der Waals surface area contributed by atoms with Crippen LogP contribution in [0.4, 0.5) is 0 Å². The summed E-state index contributed by atoms with van der Waals surface area (Å²) >= 11 is 11.2. The van der Waals surface area contributed by atoms with Crippen molar-refractivity contribution < 1.29 is 0 Å². The zero-order valence-electron chi connectivity index (χ0n) is 6.74. The molecule has 14 heavy (non-hydrogen) atoms. The monoisotopic (exact) mass is 230 g/mol. The number of rotatable bonds is 1. The Bertz CT molecular complexity index is 518. The molecule has 0 spiro atoms. The van der Waals surface area contributed by atoms with Crippen molar-refractivity contribution >= 4 is 23.2 Å².